The molecule has 2 fully saturated rings. The fourth-order valence-corrected chi connectivity index (χ4v) is 3.57. The van der Waals surface area contributed by atoms with Gasteiger partial charge in [0.15, 0.2) is 0 Å². The van der Waals surface area contributed by atoms with E-state index in [-0.39, 0.29) is 5.82 Å². The monoisotopic (exact) mass is 432 g/mol. The SMILES string of the molecule is CC.Fc1ccc(-c2[nH]c3c(F)cc(F)cc3c2C2CCC2)cc1.NC(=O)C1(O)CC1. The van der Waals surface area contributed by atoms with E-state index in [2.05, 4.69) is 4.98 Å². The third-order valence-corrected chi connectivity index (χ3v) is 5.69. The van der Waals surface area contributed by atoms with Crippen molar-refractivity contribution >= 4 is 16.8 Å². The average Bonchev–Trinajstić information content (AvgIpc) is 3.36. The number of aromatic amines is 1. The maximum Gasteiger partial charge on any atom is 0.249 e. The summed E-state index contributed by atoms with van der Waals surface area (Å²) in [6.45, 7) is 4.00. The standard InChI is InChI=1S/C18H14F3N.C4H7NO2.C2H6/c19-12-6-4-11(5-7-12)17-16(10-2-1-3-10)14-8-13(20)9-15(21)18(14)22-17;5-3(6)4(7)1-2-4;1-2/h4-10,22H,1-3H2;7H,1-2H2,(H2,5,6);1-2H3. The van der Waals surface area contributed by atoms with Gasteiger partial charge in [-0.1, -0.05) is 20.3 Å². The van der Waals surface area contributed by atoms with Crippen molar-refractivity contribution in [3.05, 3.63) is 59.4 Å². The first-order chi connectivity index (χ1) is 14.8. The van der Waals surface area contributed by atoms with Gasteiger partial charge in [-0.15, -0.1) is 0 Å². The van der Waals surface area contributed by atoms with E-state index in [4.69, 9.17) is 10.8 Å². The van der Waals surface area contributed by atoms with Crippen LogP contribution in [0.4, 0.5) is 13.2 Å². The molecule has 2 saturated carbocycles. The van der Waals surface area contributed by atoms with Crippen LogP contribution in [0.5, 0.6) is 0 Å². The predicted molar refractivity (Wildman–Crippen MR) is 115 cm³/mol. The number of nitrogens with one attached hydrogen (secondary N) is 1. The van der Waals surface area contributed by atoms with Gasteiger partial charge in [0.2, 0.25) is 5.91 Å². The normalized spacial score (nSPS) is 16.5. The van der Waals surface area contributed by atoms with E-state index in [0.717, 1.165) is 42.1 Å². The van der Waals surface area contributed by atoms with Crippen LogP contribution in [-0.4, -0.2) is 21.6 Å². The first kappa shape index (κ1) is 22.9. The first-order valence-corrected chi connectivity index (χ1v) is 10.6. The molecule has 1 heterocycles. The van der Waals surface area contributed by atoms with Crippen LogP contribution in [-0.2, 0) is 4.79 Å². The van der Waals surface area contributed by atoms with Gasteiger partial charge in [0, 0.05) is 11.5 Å². The number of rotatable bonds is 3. The maximum atomic E-state index is 14.1. The Labute approximate surface area is 179 Å². The van der Waals surface area contributed by atoms with E-state index in [1.54, 1.807) is 12.1 Å². The number of aliphatic hydroxyl groups is 1. The van der Waals surface area contributed by atoms with Crippen LogP contribution >= 0.6 is 0 Å². The minimum absolute atomic E-state index is 0.301. The number of hydrogen-bond acceptors (Lipinski definition) is 2. The van der Waals surface area contributed by atoms with Crippen molar-refractivity contribution < 1.29 is 23.1 Å². The van der Waals surface area contributed by atoms with Gasteiger partial charge >= 0.3 is 0 Å². The lowest BCUT2D eigenvalue weighted by atomic mass is 9.78. The molecule has 5 rings (SSSR count). The number of amides is 1. The summed E-state index contributed by atoms with van der Waals surface area (Å²) in [6, 6.07) is 8.35. The predicted octanol–water partition coefficient (Wildman–Crippen LogP) is 5.54. The average molecular weight is 432 g/mol. The highest BCUT2D eigenvalue weighted by Crippen LogP contribution is 2.45. The van der Waals surface area contributed by atoms with Crippen molar-refractivity contribution in [2.45, 2.75) is 57.5 Å². The summed E-state index contributed by atoms with van der Waals surface area (Å²) in [5, 5.41) is 9.33. The molecule has 0 radical (unpaired) electrons. The lowest BCUT2D eigenvalue weighted by Crippen LogP contribution is -2.29. The second kappa shape index (κ2) is 9.14. The maximum absolute atomic E-state index is 14.1. The van der Waals surface area contributed by atoms with E-state index in [0.29, 0.717) is 29.7 Å². The van der Waals surface area contributed by atoms with E-state index < -0.39 is 23.1 Å². The number of fused-ring (bicyclic) bond motifs is 1. The molecule has 7 heteroatoms. The molecule has 0 unspecified atom stereocenters. The molecule has 0 aliphatic heterocycles. The zero-order chi connectivity index (χ0) is 22.8. The van der Waals surface area contributed by atoms with E-state index in [1.807, 2.05) is 13.8 Å². The van der Waals surface area contributed by atoms with Gasteiger partial charge in [0.05, 0.1) is 11.2 Å². The molecule has 2 aliphatic rings. The second-order valence-electron chi connectivity index (χ2n) is 7.75. The third kappa shape index (κ3) is 4.77. The van der Waals surface area contributed by atoms with E-state index in [9.17, 15) is 18.0 Å². The van der Waals surface area contributed by atoms with Crippen LogP contribution in [0.1, 0.15) is 57.4 Å². The number of nitrogens with two attached hydrogens (primary N) is 1. The zero-order valence-electron chi connectivity index (χ0n) is 17.6. The summed E-state index contributed by atoms with van der Waals surface area (Å²) in [5.74, 6) is -1.77. The van der Waals surface area contributed by atoms with Crippen molar-refractivity contribution in [3.8, 4) is 11.3 Å². The summed E-state index contributed by atoms with van der Waals surface area (Å²) in [5.41, 5.74) is 6.46. The van der Waals surface area contributed by atoms with Gasteiger partial charge in [0.1, 0.15) is 23.1 Å². The Hall–Kier alpha value is -2.80. The molecule has 0 bridgehead atoms. The Bertz CT molecular complexity index is 1070. The Balaban J connectivity index is 0.000000256. The molecule has 166 valence electrons. The molecule has 4 N–H and O–H groups in total. The lowest BCUT2D eigenvalue weighted by molar-refractivity contribution is -0.127. The van der Waals surface area contributed by atoms with Gasteiger partial charge < -0.3 is 15.8 Å². The fourth-order valence-electron chi connectivity index (χ4n) is 3.57. The van der Waals surface area contributed by atoms with Gasteiger partial charge in [-0.05, 0) is 73.1 Å². The summed E-state index contributed by atoms with van der Waals surface area (Å²) < 4.78 is 40.8. The first-order valence-electron chi connectivity index (χ1n) is 10.6. The summed E-state index contributed by atoms with van der Waals surface area (Å²) >= 11 is 0. The molecule has 2 aromatic carbocycles. The van der Waals surface area contributed by atoms with Gasteiger partial charge in [-0.2, -0.15) is 0 Å². The van der Waals surface area contributed by atoms with Gasteiger partial charge in [-0.25, -0.2) is 13.2 Å². The summed E-state index contributed by atoms with van der Waals surface area (Å²) in [4.78, 5) is 13.1. The highest BCUT2D eigenvalue weighted by Gasteiger charge is 2.46. The highest BCUT2D eigenvalue weighted by atomic mass is 19.1. The quantitative estimate of drug-likeness (QED) is 0.508. The molecule has 1 amide bonds. The lowest BCUT2D eigenvalue weighted by Gasteiger charge is -2.26. The number of H-pyrrole nitrogens is 1. The number of hydrogen-bond donors (Lipinski definition) is 3. The van der Waals surface area contributed by atoms with E-state index in [1.165, 1.54) is 18.2 Å². The van der Waals surface area contributed by atoms with Crippen molar-refractivity contribution in [1.82, 2.24) is 4.98 Å². The number of benzene rings is 2. The van der Waals surface area contributed by atoms with Crippen molar-refractivity contribution in [2.75, 3.05) is 0 Å². The molecule has 0 atom stereocenters. The minimum Gasteiger partial charge on any atom is -0.380 e. The van der Waals surface area contributed by atoms with Crippen molar-refractivity contribution in [2.24, 2.45) is 5.73 Å². The van der Waals surface area contributed by atoms with Crippen LogP contribution in [0.3, 0.4) is 0 Å². The fraction of sp³-hybridized carbons (Fsp3) is 0.375. The Morgan fingerprint density at radius 1 is 1.06 bits per heavy atom. The van der Waals surface area contributed by atoms with Crippen LogP contribution < -0.4 is 5.73 Å². The Kier molecular flexibility index (Phi) is 6.74. The van der Waals surface area contributed by atoms with Crippen LogP contribution in [0, 0.1) is 17.5 Å². The van der Waals surface area contributed by atoms with Crippen LogP contribution in [0.25, 0.3) is 22.2 Å². The third-order valence-electron chi connectivity index (χ3n) is 5.69. The zero-order valence-corrected chi connectivity index (χ0v) is 17.6. The van der Waals surface area contributed by atoms with Crippen LogP contribution in [0.2, 0.25) is 0 Å². The number of aromatic nitrogens is 1. The molecule has 2 aliphatic carbocycles. The Morgan fingerprint density at radius 2 is 1.68 bits per heavy atom. The molecule has 0 spiro atoms. The molecule has 3 aromatic rings. The number of carbonyl (C=O) groups excluding carboxylic acids is 1. The number of primary amides is 1. The molecule has 31 heavy (non-hydrogen) atoms. The molecule has 1 aromatic heterocycles. The van der Waals surface area contributed by atoms with E-state index >= 15 is 0 Å². The van der Waals surface area contributed by atoms with Gasteiger partial charge in [-0.3, -0.25) is 4.79 Å². The Morgan fingerprint density at radius 3 is 2.13 bits per heavy atom. The summed E-state index contributed by atoms with van der Waals surface area (Å²) in [6.07, 6.45) is 4.24. The molecule has 0 saturated heterocycles. The molecular formula is C24H27F3N2O2. The largest absolute Gasteiger partial charge is 0.380 e. The molecule has 4 nitrogen and oxygen atoms in total. The highest BCUT2D eigenvalue weighted by molar-refractivity contribution is 5.92. The van der Waals surface area contributed by atoms with Crippen molar-refractivity contribution in [1.29, 1.82) is 0 Å². The van der Waals surface area contributed by atoms with Crippen LogP contribution in [0.15, 0.2) is 36.4 Å². The number of halogens is 3. The minimum atomic E-state index is -1.11. The molecular weight excluding hydrogens is 405 g/mol. The van der Waals surface area contributed by atoms with Gasteiger partial charge in [0.25, 0.3) is 0 Å². The second-order valence-corrected chi connectivity index (χ2v) is 7.75. The van der Waals surface area contributed by atoms with Crippen molar-refractivity contribution in [3.63, 3.8) is 0 Å². The smallest absolute Gasteiger partial charge is 0.249 e. The number of carbonyl (C=O) groups is 1. The topological polar surface area (TPSA) is 79.1 Å². The summed E-state index contributed by atoms with van der Waals surface area (Å²) in [7, 11) is 0.